The highest BCUT2D eigenvalue weighted by molar-refractivity contribution is 5.71. The van der Waals surface area contributed by atoms with Crippen molar-refractivity contribution >= 4 is 34.8 Å². The van der Waals surface area contributed by atoms with Gasteiger partial charge in [-0.3, -0.25) is 0 Å². The summed E-state index contributed by atoms with van der Waals surface area (Å²) < 4.78 is 0. The molecular weight excluding hydrogens is 344 g/mol. The molecular formula is C24H22N4. The van der Waals surface area contributed by atoms with E-state index in [4.69, 9.17) is 0 Å². The summed E-state index contributed by atoms with van der Waals surface area (Å²) in [5.74, 6) is 0. The Hall–Kier alpha value is -3.58. The summed E-state index contributed by atoms with van der Waals surface area (Å²) in [5.41, 5.74) is 7.68. The highest BCUT2D eigenvalue weighted by atomic mass is 14.9. The summed E-state index contributed by atoms with van der Waals surface area (Å²) in [6.45, 7) is 8.20. The molecule has 0 aliphatic carbocycles. The van der Waals surface area contributed by atoms with Gasteiger partial charge in [0.25, 0.3) is 0 Å². The highest BCUT2D eigenvalue weighted by Crippen LogP contribution is 2.27. The number of para-hydroxylation sites is 2. The smallest absolute Gasteiger partial charge is 0.101 e. The molecule has 3 aromatic rings. The highest BCUT2D eigenvalue weighted by Gasteiger charge is 2.00. The molecule has 4 nitrogen and oxygen atoms in total. The SMILES string of the molecule is Cc1cccc(N=C=Nc2ccccc2N=C=Nc2cccc(C)c2C)c1C. The molecule has 0 aliphatic heterocycles. The van der Waals surface area contributed by atoms with E-state index in [0.29, 0.717) is 11.4 Å². The third-order valence-electron chi connectivity index (χ3n) is 4.72. The topological polar surface area (TPSA) is 49.4 Å². The Balaban J connectivity index is 1.89. The molecule has 0 aliphatic rings. The molecule has 0 unspecified atom stereocenters. The molecule has 3 rings (SSSR count). The van der Waals surface area contributed by atoms with Crippen LogP contribution in [0.4, 0.5) is 22.7 Å². The van der Waals surface area contributed by atoms with E-state index >= 15 is 0 Å². The molecule has 0 bridgehead atoms. The van der Waals surface area contributed by atoms with Gasteiger partial charge in [0.05, 0.1) is 11.4 Å². The fraction of sp³-hybridized carbons (Fsp3) is 0.167. The molecule has 0 heterocycles. The average Bonchev–Trinajstić information content (AvgIpc) is 2.69. The van der Waals surface area contributed by atoms with Crippen LogP contribution in [-0.4, -0.2) is 12.0 Å². The zero-order valence-electron chi connectivity index (χ0n) is 16.6. The molecule has 0 saturated carbocycles. The fourth-order valence-electron chi connectivity index (χ4n) is 2.63. The van der Waals surface area contributed by atoms with E-state index in [1.54, 1.807) is 0 Å². The van der Waals surface area contributed by atoms with Gasteiger partial charge < -0.3 is 0 Å². The lowest BCUT2D eigenvalue weighted by atomic mass is 10.1. The van der Waals surface area contributed by atoms with E-state index < -0.39 is 0 Å². The standard InChI is InChI=1S/C24H22N4/c1-17-9-7-13-21(19(17)3)25-15-27-23-11-5-6-12-24(23)28-16-26-22-14-8-10-18(2)20(22)4/h5-14H,1-4H3. The monoisotopic (exact) mass is 366 g/mol. The molecule has 0 aromatic heterocycles. The van der Waals surface area contributed by atoms with Crippen LogP contribution in [-0.2, 0) is 0 Å². The Morgan fingerprint density at radius 3 is 1.25 bits per heavy atom. The van der Waals surface area contributed by atoms with Crippen molar-refractivity contribution in [3.8, 4) is 0 Å². The van der Waals surface area contributed by atoms with Crippen molar-refractivity contribution in [2.24, 2.45) is 20.0 Å². The number of aryl methyl sites for hydroxylation is 2. The van der Waals surface area contributed by atoms with Crippen molar-refractivity contribution in [1.82, 2.24) is 0 Å². The zero-order valence-corrected chi connectivity index (χ0v) is 16.6. The number of hydrogen-bond acceptors (Lipinski definition) is 4. The van der Waals surface area contributed by atoms with Crippen molar-refractivity contribution in [2.75, 3.05) is 0 Å². The summed E-state index contributed by atoms with van der Waals surface area (Å²) in [5, 5.41) is 0. The van der Waals surface area contributed by atoms with E-state index in [9.17, 15) is 0 Å². The second-order valence-electron chi connectivity index (χ2n) is 6.57. The van der Waals surface area contributed by atoms with Crippen LogP contribution in [0, 0.1) is 27.7 Å². The number of rotatable bonds is 4. The second kappa shape index (κ2) is 8.88. The Kier molecular flexibility index (Phi) is 6.08. The van der Waals surface area contributed by atoms with Gasteiger partial charge in [-0.15, -0.1) is 0 Å². The van der Waals surface area contributed by atoms with Gasteiger partial charge in [-0.1, -0.05) is 36.4 Å². The van der Waals surface area contributed by atoms with Crippen molar-refractivity contribution in [3.05, 3.63) is 82.9 Å². The van der Waals surface area contributed by atoms with Gasteiger partial charge in [-0.05, 0) is 74.2 Å². The molecule has 0 N–H and O–H groups in total. The Bertz CT molecular complexity index is 1040. The van der Waals surface area contributed by atoms with Gasteiger partial charge in [0.15, 0.2) is 0 Å². The molecule has 0 fully saturated rings. The van der Waals surface area contributed by atoms with Gasteiger partial charge in [-0.2, -0.15) is 20.0 Å². The lowest BCUT2D eigenvalue weighted by Crippen LogP contribution is -1.79. The Morgan fingerprint density at radius 2 is 0.821 bits per heavy atom. The van der Waals surface area contributed by atoms with Crippen LogP contribution in [0.2, 0.25) is 0 Å². The normalized spacial score (nSPS) is 9.86. The first-order valence-corrected chi connectivity index (χ1v) is 9.10. The maximum Gasteiger partial charge on any atom is 0.101 e. The Morgan fingerprint density at radius 1 is 0.464 bits per heavy atom. The van der Waals surface area contributed by atoms with Gasteiger partial charge >= 0.3 is 0 Å². The third-order valence-corrected chi connectivity index (χ3v) is 4.72. The summed E-state index contributed by atoms with van der Waals surface area (Å²) in [7, 11) is 0. The largest absolute Gasteiger partial charge is 0.187 e. The maximum atomic E-state index is 4.35. The van der Waals surface area contributed by atoms with Gasteiger partial charge in [0, 0.05) is 0 Å². The molecule has 0 amide bonds. The fourth-order valence-corrected chi connectivity index (χ4v) is 2.63. The van der Waals surface area contributed by atoms with Crippen molar-refractivity contribution < 1.29 is 0 Å². The Labute approximate surface area is 165 Å². The predicted octanol–water partition coefficient (Wildman–Crippen LogP) is 7.19. The molecule has 0 spiro atoms. The predicted molar refractivity (Wildman–Crippen MR) is 117 cm³/mol. The second-order valence-corrected chi connectivity index (χ2v) is 6.57. The number of nitrogens with zero attached hydrogens (tertiary/aromatic N) is 4. The summed E-state index contributed by atoms with van der Waals surface area (Å²) >= 11 is 0. The van der Waals surface area contributed by atoms with Crippen LogP contribution in [0.15, 0.2) is 80.6 Å². The minimum absolute atomic E-state index is 0.667. The summed E-state index contributed by atoms with van der Waals surface area (Å²) in [6.07, 6.45) is 0. The van der Waals surface area contributed by atoms with Gasteiger partial charge in [0.1, 0.15) is 23.4 Å². The van der Waals surface area contributed by atoms with E-state index in [2.05, 4.69) is 58.0 Å². The molecule has 138 valence electrons. The van der Waals surface area contributed by atoms with Crippen molar-refractivity contribution in [1.29, 1.82) is 0 Å². The quantitative estimate of drug-likeness (QED) is 0.439. The number of benzene rings is 3. The minimum atomic E-state index is 0.667. The van der Waals surface area contributed by atoms with E-state index in [1.807, 2.05) is 62.4 Å². The maximum absolute atomic E-state index is 4.35. The third kappa shape index (κ3) is 4.57. The zero-order chi connectivity index (χ0) is 19.9. The first-order chi connectivity index (χ1) is 13.6. The number of hydrogen-bond donors (Lipinski definition) is 0. The van der Waals surface area contributed by atoms with E-state index in [0.717, 1.165) is 22.5 Å². The van der Waals surface area contributed by atoms with Crippen LogP contribution < -0.4 is 0 Å². The summed E-state index contributed by atoms with van der Waals surface area (Å²) in [6, 6.07) is 25.1. The van der Waals surface area contributed by atoms with E-state index in [-0.39, 0.29) is 0 Å². The van der Waals surface area contributed by atoms with Crippen LogP contribution >= 0.6 is 0 Å². The van der Waals surface area contributed by atoms with Crippen molar-refractivity contribution in [3.63, 3.8) is 0 Å². The van der Waals surface area contributed by atoms with Crippen LogP contribution in [0.5, 0.6) is 0 Å². The van der Waals surface area contributed by atoms with E-state index in [1.165, 1.54) is 11.1 Å². The molecule has 28 heavy (non-hydrogen) atoms. The lowest BCUT2D eigenvalue weighted by molar-refractivity contribution is 1.31. The van der Waals surface area contributed by atoms with Crippen molar-refractivity contribution in [2.45, 2.75) is 27.7 Å². The lowest BCUT2D eigenvalue weighted by Gasteiger charge is -2.01. The average molecular weight is 366 g/mol. The van der Waals surface area contributed by atoms with Crippen LogP contribution in [0.3, 0.4) is 0 Å². The van der Waals surface area contributed by atoms with Gasteiger partial charge in [0.2, 0.25) is 0 Å². The molecule has 0 saturated heterocycles. The summed E-state index contributed by atoms with van der Waals surface area (Å²) in [4.78, 5) is 17.4. The molecule has 0 radical (unpaired) electrons. The molecule has 4 heteroatoms. The van der Waals surface area contributed by atoms with Gasteiger partial charge in [-0.25, -0.2) is 0 Å². The number of aliphatic imine (C=N–C) groups is 4. The first kappa shape index (κ1) is 19.2. The van der Waals surface area contributed by atoms with Crippen LogP contribution in [0.25, 0.3) is 0 Å². The minimum Gasteiger partial charge on any atom is -0.187 e. The molecule has 0 atom stereocenters. The van der Waals surface area contributed by atoms with Crippen LogP contribution in [0.1, 0.15) is 22.3 Å². The first-order valence-electron chi connectivity index (χ1n) is 9.10. The molecule has 3 aromatic carbocycles.